The lowest BCUT2D eigenvalue weighted by atomic mass is 10.0. The van der Waals surface area contributed by atoms with Gasteiger partial charge < -0.3 is 10.2 Å². The molecule has 1 aromatic carbocycles. The molecule has 2 rings (SSSR count). The smallest absolute Gasteiger partial charge is 0.173 e. The van der Waals surface area contributed by atoms with E-state index in [-0.39, 0.29) is 5.82 Å². The second-order valence-corrected chi connectivity index (χ2v) is 5.02. The maximum atomic E-state index is 12.8. The van der Waals surface area contributed by atoms with E-state index in [1.165, 1.54) is 25.0 Å². The van der Waals surface area contributed by atoms with Crippen molar-refractivity contribution in [3.05, 3.63) is 30.1 Å². The first-order chi connectivity index (χ1) is 8.15. The van der Waals surface area contributed by atoms with Crippen LogP contribution in [0.5, 0.6) is 0 Å². The van der Waals surface area contributed by atoms with Crippen LogP contribution in [0.15, 0.2) is 24.3 Å². The average Bonchev–Trinajstić information content (AvgIpc) is 2.32. The van der Waals surface area contributed by atoms with Gasteiger partial charge in [0.1, 0.15) is 5.82 Å². The molecule has 1 saturated heterocycles. The van der Waals surface area contributed by atoms with Crippen LogP contribution in [0.4, 0.5) is 10.1 Å². The van der Waals surface area contributed by atoms with E-state index in [2.05, 4.69) is 17.1 Å². The lowest BCUT2D eigenvalue weighted by Crippen LogP contribution is -2.41. The quantitative estimate of drug-likeness (QED) is 0.772. The highest BCUT2D eigenvalue weighted by Gasteiger charge is 2.18. The molecule has 0 amide bonds. The second-order valence-electron chi connectivity index (χ2n) is 4.63. The van der Waals surface area contributed by atoms with Crippen LogP contribution in [0.25, 0.3) is 0 Å². The summed E-state index contributed by atoms with van der Waals surface area (Å²) in [5.74, 6) is 0.463. The molecule has 2 nitrogen and oxygen atoms in total. The van der Waals surface area contributed by atoms with Gasteiger partial charge in [-0.2, -0.15) is 0 Å². The highest BCUT2D eigenvalue weighted by molar-refractivity contribution is 7.80. The van der Waals surface area contributed by atoms with E-state index in [0.29, 0.717) is 5.92 Å². The van der Waals surface area contributed by atoms with E-state index in [1.807, 2.05) is 0 Å². The van der Waals surface area contributed by atoms with E-state index in [0.717, 1.165) is 23.9 Å². The summed E-state index contributed by atoms with van der Waals surface area (Å²) in [7, 11) is 0. The molecule has 92 valence electrons. The Morgan fingerprint density at radius 2 is 2.12 bits per heavy atom. The van der Waals surface area contributed by atoms with E-state index < -0.39 is 0 Å². The first kappa shape index (κ1) is 12.3. The zero-order valence-corrected chi connectivity index (χ0v) is 10.8. The summed E-state index contributed by atoms with van der Waals surface area (Å²) >= 11 is 5.36. The molecule has 0 saturated carbocycles. The number of nitrogens with one attached hydrogen (secondary N) is 1. The number of benzene rings is 1. The average molecular weight is 252 g/mol. The van der Waals surface area contributed by atoms with Crippen molar-refractivity contribution in [3.8, 4) is 0 Å². The monoisotopic (exact) mass is 252 g/mol. The van der Waals surface area contributed by atoms with Crippen LogP contribution < -0.4 is 5.32 Å². The third kappa shape index (κ3) is 3.40. The van der Waals surface area contributed by atoms with Gasteiger partial charge in [-0.3, -0.25) is 0 Å². The molecular weight excluding hydrogens is 235 g/mol. The molecule has 1 aliphatic heterocycles. The van der Waals surface area contributed by atoms with E-state index in [1.54, 1.807) is 12.1 Å². The fourth-order valence-electron chi connectivity index (χ4n) is 2.11. The number of piperidine rings is 1. The van der Waals surface area contributed by atoms with Crippen molar-refractivity contribution in [2.45, 2.75) is 19.8 Å². The van der Waals surface area contributed by atoms with Crippen LogP contribution in [0, 0.1) is 11.7 Å². The summed E-state index contributed by atoms with van der Waals surface area (Å²) in [6.07, 6.45) is 2.46. The number of rotatable bonds is 1. The Bertz CT molecular complexity index is 391. The van der Waals surface area contributed by atoms with Crippen molar-refractivity contribution in [2.24, 2.45) is 5.92 Å². The van der Waals surface area contributed by atoms with Gasteiger partial charge in [-0.1, -0.05) is 6.92 Å². The lowest BCUT2D eigenvalue weighted by molar-refractivity contribution is 0.276. The molecule has 1 N–H and O–H groups in total. The third-order valence-corrected chi connectivity index (χ3v) is 3.40. The Morgan fingerprint density at radius 1 is 1.41 bits per heavy atom. The Hall–Kier alpha value is -1.16. The molecular formula is C13H17FN2S. The highest BCUT2D eigenvalue weighted by Crippen LogP contribution is 2.17. The molecule has 1 atom stereocenters. The Balaban J connectivity index is 1.94. The van der Waals surface area contributed by atoms with Crippen molar-refractivity contribution in [1.82, 2.24) is 4.90 Å². The van der Waals surface area contributed by atoms with Gasteiger partial charge in [0.15, 0.2) is 5.11 Å². The van der Waals surface area contributed by atoms with E-state index in [4.69, 9.17) is 12.2 Å². The van der Waals surface area contributed by atoms with Gasteiger partial charge in [-0.05, 0) is 55.2 Å². The fourth-order valence-corrected chi connectivity index (χ4v) is 2.39. The van der Waals surface area contributed by atoms with Crippen molar-refractivity contribution in [3.63, 3.8) is 0 Å². The molecule has 17 heavy (non-hydrogen) atoms. The number of thiocarbonyl (C=S) groups is 1. The van der Waals surface area contributed by atoms with Crippen molar-refractivity contribution in [1.29, 1.82) is 0 Å². The number of hydrogen-bond donors (Lipinski definition) is 1. The second kappa shape index (κ2) is 5.45. The topological polar surface area (TPSA) is 15.3 Å². The fraction of sp³-hybridized carbons (Fsp3) is 0.462. The van der Waals surface area contributed by atoms with Crippen molar-refractivity contribution < 1.29 is 4.39 Å². The third-order valence-electron chi connectivity index (χ3n) is 3.04. The van der Waals surface area contributed by atoms with Gasteiger partial charge in [0.05, 0.1) is 0 Å². The van der Waals surface area contributed by atoms with Gasteiger partial charge in [-0.25, -0.2) is 4.39 Å². The maximum Gasteiger partial charge on any atom is 0.173 e. The minimum Gasteiger partial charge on any atom is -0.349 e. The summed E-state index contributed by atoms with van der Waals surface area (Å²) in [5, 5.41) is 3.89. The summed E-state index contributed by atoms with van der Waals surface area (Å²) < 4.78 is 12.8. The molecule has 0 spiro atoms. The highest BCUT2D eigenvalue weighted by atomic mass is 32.1. The van der Waals surface area contributed by atoms with Crippen LogP contribution >= 0.6 is 12.2 Å². The Morgan fingerprint density at radius 3 is 2.76 bits per heavy atom. The summed E-state index contributed by atoms with van der Waals surface area (Å²) in [5.41, 5.74) is 0.842. The summed E-state index contributed by atoms with van der Waals surface area (Å²) in [6, 6.07) is 6.28. The number of likely N-dealkylation sites (tertiary alicyclic amines) is 1. The van der Waals surface area contributed by atoms with Crippen molar-refractivity contribution in [2.75, 3.05) is 18.4 Å². The largest absolute Gasteiger partial charge is 0.349 e. The van der Waals surface area contributed by atoms with Gasteiger partial charge >= 0.3 is 0 Å². The molecule has 0 unspecified atom stereocenters. The van der Waals surface area contributed by atoms with E-state index >= 15 is 0 Å². The first-order valence-corrected chi connectivity index (χ1v) is 6.37. The van der Waals surface area contributed by atoms with E-state index in [9.17, 15) is 4.39 Å². The number of nitrogens with zero attached hydrogens (tertiary/aromatic N) is 1. The lowest BCUT2D eigenvalue weighted by Gasteiger charge is -2.33. The van der Waals surface area contributed by atoms with Gasteiger partial charge in [0, 0.05) is 18.8 Å². The van der Waals surface area contributed by atoms with Crippen LogP contribution in [-0.2, 0) is 0 Å². The zero-order valence-electron chi connectivity index (χ0n) is 9.95. The molecule has 4 heteroatoms. The Labute approximate surface area is 107 Å². The normalized spacial score (nSPS) is 20.1. The van der Waals surface area contributed by atoms with Crippen LogP contribution in [0.3, 0.4) is 0 Å². The standard InChI is InChI=1S/C13H17FN2S/c1-10-3-2-8-16(9-10)13(17)15-12-6-4-11(14)5-7-12/h4-7,10H,2-3,8-9H2,1H3,(H,15,17)/t10-/m1/s1. The van der Waals surface area contributed by atoms with Gasteiger partial charge in [0.2, 0.25) is 0 Å². The van der Waals surface area contributed by atoms with Gasteiger partial charge in [-0.15, -0.1) is 0 Å². The molecule has 1 aliphatic rings. The molecule has 1 heterocycles. The number of halogens is 1. The minimum atomic E-state index is -0.229. The zero-order chi connectivity index (χ0) is 12.3. The molecule has 0 radical (unpaired) electrons. The van der Waals surface area contributed by atoms with Gasteiger partial charge in [0.25, 0.3) is 0 Å². The maximum absolute atomic E-state index is 12.8. The molecule has 1 fully saturated rings. The van der Waals surface area contributed by atoms with Crippen LogP contribution in [0.1, 0.15) is 19.8 Å². The summed E-state index contributed by atoms with van der Waals surface area (Å²) in [4.78, 5) is 2.19. The molecule has 1 aromatic rings. The SMILES string of the molecule is C[C@@H]1CCCN(C(=S)Nc2ccc(F)cc2)C1. The predicted octanol–water partition coefficient (Wildman–Crippen LogP) is 3.25. The van der Waals surface area contributed by atoms with Crippen LogP contribution in [-0.4, -0.2) is 23.1 Å². The predicted molar refractivity (Wildman–Crippen MR) is 72.6 cm³/mol. The van der Waals surface area contributed by atoms with Crippen LogP contribution in [0.2, 0.25) is 0 Å². The first-order valence-electron chi connectivity index (χ1n) is 5.96. The number of anilines is 1. The summed E-state index contributed by atoms with van der Waals surface area (Å²) in [6.45, 7) is 4.26. The Kier molecular flexibility index (Phi) is 3.94. The molecule has 0 bridgehead atoms. The number of hydrogen-bond acceptors (Lipinski definition) is 1. The minimum absolute atomic E-state index is 0.229. The van der Waals surface area contributed by atoms with Crippen molar-refractivity contribution >= 4 is 23.0 Å². The molecule has 0 aliphatic carbocycles. The molecule has 0 aromatic heterocycles.